The zero-order valence-corrected chi connectivity index (χ0v) is 11.8. The third-order valence-electron chi connectivity index (χ3n) is 3.14. The molecular weight excluding hydrogens is 312 g/mol. The molecule has 0 radical (unpaired) electrons. The quantitative estimate of drug-likeness (QED) is 0.935. The van der Waals surface area contributed by atoms with Gasteiger partial charge in [-0.15, -0.1) is 10.2 Å². The summed E-state index contributed by atoms with van der Waals surface area (Å²) in [7, 11) is 0. The minimum atomic E-state index is -0.251. The Morgan fingerprint density at radius 1 is 1.42 bits per heavy atom. The molecule has 6 nitrogen and oxygen atoms in total. The van der Waals surface area contributed by atoms with Crippen LogP contribution < -0.4 is 5.32 Å². The van der Waals surface area contributed by atoms with Crippen molar-refractivity contribution >= 4 is 21.8 Å². The van der Waals surface area contributed by atoms with Crippen LogP contribution in [0.1, 0.15) is 35.0 Å². The molecule has 0 aromatic carbocycles. The molecule has 1 amide bonds. The maximum atomic E-state index is 11.8. The molecule has 0 saturated heterocycles. The molecule has 1 N–H and O–H groups in total. The van der Waals surface area contributed by atoms with E-state index in [0.29, 0.717) is 11.2 Å². The number of rotatable bonds is 3. The molecule has 7 heteroatoms. The topological polar surface area (TPSA) is 73.0 Å². The Morgan fingerprint density at radius 3 is 3.11 bits per heavy atom. The number of furan rings is 1. The number of nitrogens with zero attached hydrogens (tertiary/aromatic N) is 3. The van der Waals surface area contributed by atoms with Crippen LogP contribution in [-0.4, -0.2) is 20.7 Å². The molecule has 0 fully saturated rings. The Balaban J connectivity index is 1.66. The second-order valence-corrected chi connectivity index (χ2v) is 5.21. The van der Waals surface area contributed by atoms with Gasteiger partial charge in [0.05, 0.1) is 6.54 Å². The van der Waals surface area contributed by atoms with Gasteiger partial charge in [-0.1, -0.05) is 0 Å². The lowest BCUT2D eigenvalue weighted by Gasteiger charge is -2.14. The standard InChI is InChI=1S/C12H13BrN4O2/c13-9-5-4-8(19-9)12(18)14-7-11-16-15-10-3-1-2-6-17(10)11/h4-5H,1-3,6-7H2,(H,14,18). The minimum absolute atomic E-state index is 0.251. The van der Waals surface area contributed by atoms with Crippen molar-refractivity contribution in [3.63, 3.8) is 0 Å². The summed E-state index contributed by atoms with van der Waals surface area (Å²) >= 11 is 3.17. The summed E-state index contributed by atoms with van der Waals surface area (Å²) in [6, 6.07) is 3.31. The van der Waals surface area contributed by atoms with Crippen molar-refractivity contribution in [2.75, 3.05) is 0 Å². The van der Waals surface area contributed by atoms with Gasteiger partial charge in [0.15, 0.2) is 16.3 Å². The normalized spacial score (nSPS) is 14.2. The number of fused-ring (bicyclic) bond motifs is 1. The molecular formula is C12H13BrN4O2. The van der Waals surface area contributed by atoms with E-state index in [1.165, 1.54) is 0 Å². The number of amides is 1. The molecule has 100 valence electrons. The van der Waals surface area contributed by atoms with Gasteiger partial charge in [0, 0.05) is 13.0 Å². The van der Waals surface area contributed by atoms with Crippen molar-refractivity contribution in [3.05, 3.63) is 34.2 Å². The average Bonchev–Trinajstić information content (AvgIpc) is 3.02. The van der Waals surface area contributed by atoms with E-state index < -0.39 is 0 Å². The Labute approximate surface area is 118 Å². The number of nitrogens with one attached hydrogen (secondary N) is 1. The first-order valence-corrected chi connectivity index (χ1v) is 6.98. The number of hydrogen-bond donors (Lipinski definition) is 1. The van der Waals surface area contributed by atoms with E-state index in [0.717, 1.165) is 37.5 Å². The highest BCUT2D eigenvalue weighted by molar-refractivity contribution is 9.10. The van der Waals surface area contributed by atoms with Gasteiger partial charge in [0.1, 0.15) is 5.82 Å². The van der Waals surface area contributed by atoms with E-state index >= 15 is 0 Å². The van der Waals surface area contributed by atoms with Gasteiger partial charge in [-0.3, -0.25) is 4.79 Å². The van der Waals surface area contributed by atoms with E-state index in [1.54, 1.807) is 12.1 Å². The van der Waals surface area contributed by atoms with E-state index in [1.807, 2.05) is 0 Å². The van der Waals surface area contributed by atoms with Crippen LogP contribution in [0.4, 0.5) is 0 Å². The lowest BCUT2D eigenvalue weighted by Crippen LogP contribution is -2.25. The maximum Gasteiger partial charge on any atom is 0.287 e. The van der Waals surface area contributed by atoms with Gasteiger partial charge >= 0.3 is 0 Å². The van der Waals surface area contributed by atoms with Crippen molar-refractivity contribution < 1.29 is 9.21 Å². The summed E-state index contributed by atoms with van der Waals surface area (Å²) in [6.45, 7) is 1.30. The molecule has 2 aromatic heterocycles. The Kier molecular flexibility index (Phi) is 3.37. The van der Waals surface area contributed by atoms with Gasteiger partial charge < -0.3 is 14.3 Å². The molecule has 3 heterocycles. The van der Waals surface area contributed by atoms with Gasteiger partial charge in [-0.25, -0.2) is 0 Å². The van der Waals surface area contributed by atoms with Gasteiger partial charge in [0.2, 0.25) is 0 Å². The fraction of sp³-hybridized carbons (Fsp3) is 0.417. The molecule has 1 aliphatic heterocycles. The molecule has 0 unspecified atom stereocenters. The van der Waals surface area contributed by atoms with Gasteiger partial charge in [-0.2, -0.15) is 0 Å². The summed E-state index contributed by atoms with van der Waals surface area (Å²) in [5, 5.41) is 11.1. The van der Waals surface area contributed by atoms with Crippen molar-refractivity contribution in [2.45, 2.75) is 32.4 Å². The van der Waals surface area contributed by atoms with Crippen LogP contribution in [0.5, 0.6) is 0 Å². The SMILES string of the molecule is O=C(NCc1nnc2n1CCCC2)c1ccc(Br)o1. The lowest BCUT2D eigenvalue weighted by atomic mass is 10.2. The fourth-order valence-corrected chi connectivity index (χ4v) is 2.49. The average molecular weight is 325 g/mol. The summed E-state index contributed by atoms with van der Waals surface area (Å²) in [5.74, 6) is 1.84. The number of hydrogen-bond acceptors (Lipinski definition) is 4. The largest absolute Gasteiger partial charge is 0.444 e. The Hall–Kier alpha value is -1.63. The molecule has 0 saturated carbocycles. The molecule has 19 heavy (non-hydrogen) atoms. The molecule has 0 aliphatic carbocycles. The highest BCUT2D eigenvalue weighted by Gasteiger charge is 2.17. The first-order chi connectivity index (χ1) is 9.24. The zero-order chi connectivity index (χ0) is 13.2. The Bertz CT molecular complexity index is 605. The number of halogens is 1. The summed E-state index contributed by atoms with van der Waals surface area (Å²) < 4.78 is 7.81. The van der Waals surface area contributed by atoms with Gasteiger partial charge in [-0.05, 0) is 40.9 Å². The summed E-state index contributed by atoms with van der Waals surface area (Å²) in [6.07, 6.45) is 3.26. The summed E-state index contributed by atoms with van der Waals surface area (Å²) in [5.41, 5.74) is 0. The second-order valence-electron chi connectivity index (χ2n) is 4.43. The first-order valence-electron chi connectivity index (χ1n) is 6.18. The van der Waals surface area contributed by atoms with Gasteiger partial charge in [0.25, 0.3) is 5.91 Å². The van der Waals surface area contributed by atoms with Crippen molar-refractivity contribution in [1.82, 2.24) is 20.1 Å². The maximum absolute atomic E-state index is 11.8. The van der Waals surface area contributed by atoms with Crippen LogP contribution in [0.3, 0.4) is 0 Å². The first kappa shape index (κ1) is 12.4. The third kappa shape index (κ3) is 2.56. The summed E-state index contributed by atoms with van der Waals surface area (Å²) in [4.78, 5) is 11.8. The van der Waals surface area contributed by atoms with Crippen LogP contribution in [-0.2, 0) is 19.5 Å². The predicted octanol–water partition coefficient (Wildman–Crippen LogP) is 1.90. The van der Waals surface area contributed by atoms with E-state index in [4.69, 9.17) is 4.42 Å². The third-order valence-corrected chi connectivity index (χ3v) is 3.57. The molecule has 3 rings (SSSR count). The molecule has 1 aliphatic rings. The predicted molar refractivity (Wildman–Crippen MR) is 70.5 cm³/mol. The van der Waals surface area contributed by atoms with Crippen LogP contribution >= 0.6 is 15.9 Å². The second kappa shape index (κ2) is 5.16. The number of carbonyl (C=O) groups excluding carboxylic acids is 1. The van der Waals surface area contributed by atoms with Crippen molar-refractivity contribution in [3.8, 4) is 0 Å². The van der Waals surface area contributed by atoms with Crippen LogP contribution in [0.25, 0.3) is 0 Å². The highest BCUT2D eigenvalue weighted by Crippen LogP contribution is 2.15. The molecule has 0 spiro atoms. The van der Waals surface area contributed by atoms with E-state index in [9.17, 15) is 4.79 Å². The van der Waals surface area contributed by atoms with Crippen molar-refractivity contribution in [1.29, 1.82) is 0 Å². The number of aromatic nitrogens is 3. The van der Waals surface area contributed by atoms with Crippen LogP contribution in [0, 0.1) is 0 Å². The zero-order valence-electron chi connectivity index (χ0n) is 10.2. The minimum Gasteiger partial charge on any atom is -0.444 e. The van der Waals surface area contributed by atoms with Crippen LogP contribution in [0.15, 0.2) is 21.2 Å². The number of carbonyl (C=O) groups is 1. The van der Waals surface area contributed by atoms with Crippen molar-refractivity contribution in [2.24, 2.45) is 0 Å². The molecule has 2 aromatic rings. The Morgan fingerprint density at radius 2 is 2.32 bits per heavy atom. The van der Waals surface area contributed by atoms with E-state index in [2.05, 4.69) is 36.0 Å². The smallest absolute Gasteiger partial charge is 0.287 e. The van der Waals surface area contributed by atoms with E-state index in [-0.39, 0.29) is 11.7 Å². The molecule has 0 atom stereocenters. The lowest BCUT2D eigenvalue weighted by molar-refractivity contribution is 0.0920. The fourth-order valence-electron chi connectivity index (χ4n) is 2.18. The number of aryl methyl sites for hydroxylation is 1. The monoisotopic (exact) mass is 324 g/mol. The highest BCUT2D eigenvalue weighted by atomic mass is 79.9. The van der Waals surface area contributed by atoms with Crippen LogP contribution in [0.2, 0.25) is 0 Å². The molecule has 0 bridgehead atoms.